The van der Waals surface area contributed by atoms with Gasteiger partial charge >= 0.3 is 11.9 Å². The molecule has 1 atom stereocenters. The van der Waals surface area contributed by atoms with E-state index < -0.39 is 11.2 Å². The molecule has 0 saturated heterocycles. The minimum atomic E-state index is -0.513. The first kappa shape index (κ1) is 24.9. The van der Waals surface area contributed by atoms with Crippen LogP contribution in [0.1, 0.15) is 99.8 Å². The Morgan fingerprint density at radius 3 is 1.85 bits per heavy atom. The molecule has 0 bridgehead atoms. The third-order valence-corrected chi connectivity index (χ3v) is 3.43. The van der Waals surface area contributed by atoms with Gasteiger partial charge < -0.3 is 0 Å². The van der Waals surface area contributed by atoms with Crippen molar-refractivity contribution >= 4 is 11.9 Å². The molecule has 0 radical (unpaired) electrons. The lowest BCUT2D eigenvalue weighted by atomic mass is 9.95. The van der Waals surface area contributed by atoms with Gasteiger partial charge in [0.2, 0.25) is 0 Å². The van der Waals surface area contributed by atoms with Crippen LogP contribution in [-0.2, 0) is 29.1 Å². The van der Waals surface area contributed by atoms with E-state index in [1.54, 1.807) is 0 Å². The summed E-state index contributed by atoms with van der Waals surface area (Å²) in [5, 5.41) is 0. The fourth-order valence-electron chi connectivity index (χ4n) is 2.11. The van der Waals surface area contributed by atoms with Crippen molar-refractivity contribution in [2.24, 2.45) is 5.92 Å². The standard InChI is InChI=1S/C20H38O6/c1-8-9-13-16(18(22)24-26-20(5,6)7)14-11-10-12-15-17(21)23-25-19(2,3)4/h16H,8-15H2,1-7H3. The summed E-state index contributed by atoms with van der Waals surface area (Å²) in [4.78, 5) is 43.7. The second-order valence-corrected chi connectivity index (χ2v) is 8.69. The normalized spacial score (nSPS) is 13.3. The van der Waals surface area contributed by atoms with Gasteiger partial charge in [0, 0.05) is 6.42 Å². The Morgan fingerprint density at radius 2 is 1.31 bits per heavy atom. The van der Waals surface area contributed by atoms with Crippen LogP contribution >= 0.6 is 0 Å². The Kier molecular flexibility index (Phi) is 11.7. The maximum Gasteiger partial charge on any atom is 0.345 e. The van der Waals surface area contributed by atoms with Gasteiger partial charge in [-0.05, 0) is 60.8 Å². The quantitative estimate of drug-likeness (QED) is 0.262. The monoisotopic (exact) mass is 374 g/mol. The van der Waals surface area contributed by atoms with E-state index in [1.165, 1.54) is 0 Å². The smallest absolute Gasteiger partial charge is 0.298 e. The zero-order chi connectivity index (χ0) is 20.2. The molecular weight excluding hydrogens is 336 g/mol. The first-order chi connectivity index (χ1) is 11.9. The molecule has 0 aromatic carbocycles. The minimum Gasteiger partial charge on any atom is -0.298 e. The summed E-state index contributed by atoms with van der Waals surface area (Å²) in [6.07, 6.45) is 6.26. The Balaban J connectivity index is 4.09. The zero-order valence-corrected chi connectivity index (χ0v) is 17.7. The highest BCUT2D eigenvalue weighted by Crippen LogP contribution is 2.20. The number of carbonyl (C=O) groups excluding carboxylic acids is 2. The van der Waals surface area contributed by atoms with E-state index in [4.69, 9.17) is 19.6 Å². The van der Waals surface area contributed by atoms with E-state index in [0.717, 1.165) is 38.5 Å². The number of carbonyl (C=O) groups is 2. The first-order valence-electron chi connectivity index (χ1n) is 9.72. The Bertz CT molecular complexity index is 406. The van der Waals surface area contributed by atoms with Gasteiger partial charge in [-0.3, -0.25) is 9.78 Å². The molecule has 0 saturated carbocycles. The summed E-state index contributed by atoms with van der Waals surface area (Å²) in [5.74, 6) is -0.819. The zero-order valence-electron chi connectivity index (χ0n) is 17.7. The maximum absolute atomic E-state index is 12.2. The van der Waals surface area contributed by atoms with Crippen molar-refractivity contribution < 1.29 is 29.1 Å². The van der Waals surface area contributed by atoms with Gasteiger partial charge in [-0.2, -0.15) is 9.78 Å². The van der Waals surface area contributed by atoms with E-state index >= 15 is 0 Å². The van der Waals surface area contributed by atoms with E-state index in [1.807, 2.05) is 41.5 Å². The Morgan fingerprint density at radius 1 is 0.769 bits per heavy atom. The minimum absolute atomic E-state index is 0.159. The first-order valence-corrected chi connectivity index (χ1v) is 9.72. The van der Waals surface area contributed by atoms with Crippen molar-refractivity contribution in [1.82, 2.24) is 0 Å². The molecule has 0 spiro atoms. The van der Waals surface area contributed by atoms with E-state index in [-0.39, 0.29) is 17.9 Å². The molecule has 0 amide bonds. The molecule has 0 aromatic heterocycles. The van der Waals surface area contributed by atoms with Crippen molar-refractivity contribution in [3.63, 3.8) is 0 Å². The molecule has 0 aliphatic heterocycles. The van der Waals surface area contributed by atoms with Crippen LogP contribution < -0.4 is 0 Å². The molecular formula is C20H38O6. The molecule has 0 aromatic rings. The number of hydrogen-bond acceptors (Lipinski definition) is 6. The second-order valence-electron chi connectivity index (χ2n) is 8.69. The Labute approximate surface area is 158 Å². The summed E-state index contributed by atoms with van der Waals surface area (Å²) in [5.41, 5.74) is -1.02. The van der Waals surface area contributed by atoms with Gasteiger partial charge in [0.25, 0.3) is 0 Å². The third-order valence-electron chi connectivity index (χ3n) is 3.43. The molecule has 0 rings (SSSR count). The summed E-state index contributed by atoms with van der Waals surface area (Å²) in [6, 6.07) is 0. The predicted octanol–water partition coefficient (Wildman–Crippen LogP) is 5.29. The van der Waals surface area contributed by atoms with Crippen LogP contribution in [0.2, 0.25) is 0 Å². The van der Waals surface area contributed by atoms with Crippen molar-refractivity contribution in [2.75, 3.05) is 0 Å². The van der Waals surface area contributed by atoms with Gasteiger partial charge in [0.05, 0.1) is 5.92 Å². The van der Waals surface area contributed by atoms with Gasteiger partial charge in [-0.15, -0.1) is 0 Å². The predicted molar refractivity (Wildman–Crippen MR) is 100.0 cm³/mol. The van der Waals surface area contributed by atoms with E-state index in [9.17, 15) is 9.59 Å². The molecule has 0 aliphatic carbocycles. The van der Waals surface area contributed by atoms with Crippen molar-refractivity contribution in [3.8, 4) is 0 Å². The third kappa shape index (κ3) is 15.1. The second kappa shape index (κ2) is 12.3. The van der Waals surface area contributed by atoms with Crippen LogP contribution in [0, 0.1) is 5.92 Å². The molecule has 0 aliphatic rings. The summed E-state index contributed by atoms with van der Waals surface area (Å²) < 4.78 is 0. The van der Waals surface area contributed by atoms with Crippen LogP contribution in [-0.4, -0.2) is 23.1 Å². The topological polar surface area (TPSA) is 71.1 Å². The van der Waals surface area contributed by atoms with Crippen LogP contribution in [0.4, 0.5) is 0 Å². The largest absolute Gasteiger partial charge is 0.345 e. The highest BCUT2D eigenvalue weighted by atomic mass is 17.2. The highest BCUT2D eigenvalue weighted by Gasteiger charge is 2.23. The van der Waals surface area contributed by atoms with Crippen LogP contribution in [0.15, 0.2) is 0 Å². The lowest BCUT2D eigenvalue weighted by molar-refractivity contribution is -0.323. The SMILES string of the molecule is CCCCC(CCCCCC(=O)OOC(C)(C)C)C(=O)OOC(C)(C)C. The van der Waals surface area contributed by atoms with Crippen molar-refractivity contribution in [1.29, 1.82) is 0 Å². The van der Waals surface area contributed by atoms with Crippen LogP contribution in [0.25, 0.3) is 0 Å². The molecule has 6 nitrogen and oxygen atoms in total. The average molecular weight is 375 g/mol. The lowest BCUT2D eigenvalue weighted by Gasteiger charge is -2.20. The fourth-order valence-corrected chi connectivity index (χ4v) is 2.11. The summed E-state index contributed by atoms with van der Waals surface area (Å²) in [7, 11) is 0. The van der Waals surface area contributed by atoms with E-state index in [2.05, 4.69) is 6.92 Å². The molecule has 6 heteroatoms. The van der Waals surface area contributed by atoms with Crippen LogP contribution in [0.5, 0.6) is 0 Å². The number of rotatable bonds is 12. The molecule has 0 fully saturated rings. The van der Waals surface area contributed by atoms with Gasteiger partial charge in [0.1, 0.15) is 11.2 Å². The van der Waals surface area contributed by atoms with Gasteiger partial charge in [-0.1, -0.05) is 32.6 Å². The molecule has 1 unspecified atom stereocenters. The Hall–Kier alpha value is -1.14. The molecule has 154 valence electrons. The van der Waals surface area contributed by atoms with Gasteiger partial charge in [0.15, 0.2) is 0 Å². The highest BCUT2D eigenvalue weighted by molar-refractivity contribution is 5.71. The number of unbranched alkanes of at least 4 members (excludes halogenated alkanes) is 3. The lowest BCUT2D eigenvalue weighted by Crippen LogP contribution is -2.25. The molecule has 0 N–H and O–H groups in total. The number of hydrogen-bond donors (Lipinski definition) is 0. The van der Waals surface area contributed by atoms with Crippen molar-refractivity contribution in [2.45, 2.75) is 111 Å². The summed E-state index contributed by atoms with van der Waals surface area (Å²) in [6.45, 7) is 13.1. The van der Waals surface area contributed by atoms with Crippen molar-refractivity contribution in [3.05, 3.63) is 0 Å². The van der Waals surface area contributed by atoms with Crippen LogP contribution in [0.3, 0.4) is 0 Å². The molecule has 26 heavy (non-hydrogen) atoms. The maximum atomic E-state index is 12.2. The van der Waals surface area contributed by atoms with Gasteiger partial charge in [-0.25, -0.2) is 9.59 Å². The summed E-state index contributed by atoms with van der Waals surface area (Å²) >= 11 is 0. The molecule has 0 heterocycles. The average Bonchev–Trinajstić information content (AvgIpc) is 2.51. The fraction of sp³-hybridized carbons (Fsp3) is 0.900. The van der Waals surface area contributed by atoms with E-state index in [0.29, 0.717) is 12.8 Å².